The van der Waals surface area contributed by atoms with E-state index in [4.69, 9.17) is 9.47 Å². The lowest BCUT2D eigenvalue weighted by Gasteiger charge is -2.23. The monoisotopic (exact) mass is 279 g/mol. The molecule has 0 amide bonds. The van der Waals surface area contributed by atoms with Crippen molar-refractivity contribution < 1.29 is 19.4 Å². The zero-order chi connectivity index (χ0) is 14.4. The van der Waals surface area contributed by atoms with Gasteiger partial charge in [0.2, 0.25) is 0 Å². The zero-order valence-electron chi connectivity index (χ0n) is 11.7. The van der Waals surface area contributed by atoms with Crippen molar-refractivity contribution in [1.82, 2.24) is 0 Å². The van der Waals surface area contributed by atoms with E-state index in [1.54, 1.807) is 25.3 Å². The molecule has 20 heavy (non-hydrogen) atoms. The number of benzene rings is 1. The molecule has 0 saturated carbocycles. The highest BCUT2D eigenvalue weighted by Gasteiger charge is 2.15. The quantitative estimate of drug-likeness (QED) is 0.838. The Labute approximate surface area is 118 Å². The predicted molar refractivity (Wildman–Crippen MR) is 76.7 cm³/mol. The molecule has 2 N–H and O–H groups in total. The average Bonchev–Trinajstić information content (AvgIpc) is 2.48. The van der Waals surface area contributed by atoms with Crippen molar-refractivity contribution in [1.29, 1.82) is 0 Å². The summed E-state index contributed by atoms with van der Waals surface area (Å²) in [6.45, 7) is 1.53. The molecule has 110 valence electrons. The van der Waals surface area contributed by atoms with E-state index in [2.05, 4.69) is 5.32 Å². The van der Waals surface area contributed by atoms with Gasteiger partial charge in [0.15, 0.2) is 0 Å². The van der Waals surface area contributed by atoms with Crippen LogP contribution in [0.4, 0.5) is 5.69 Å². The summed E-state index contributed by atoms with van der Waals surface area (Å²) in [4.78, 5) is 11.2. The number of carbonyl (C=O) groups is 1. The highest BCUT2D eigenvalue weighted by Crippen LogP contribution is 2.23. The Balaban J connectivity index is 1.94. The lowest BCUT2D eigenvalue weighted by Crippen LogP contribution is -2.22. The molecule has 0 spiro atoms. The van der Waals surface area contributed by atoms with Crippen LogP contribution in [0.25, 0.3) is 0 Å². The molecule has 0 aliphatic carbocycles. The SMILES string of the molecule is COc1ccc(C(=O)O)c(NCCC2CCCCO2)c1. The van der Waals surface area contributed by atoms with Gasteiger partial charge in [-0.1, -0.05) is 0 Å². The summed E-state index contributed by atoms with van der Waals surface area (Å²) in [5.41, 5.74) is 0.850. The topological polar surface area (TPSA) is 67.8 Å². The molecule has 1 aromatic rings. The first-order chi connectivity index (χ1) is 9.70. The molecule has 0 radical (unpaired) electrons. The first-order valence-electron chi connectivity index (χ1n) is 6.97. The van der Waals surface area contributed by atoms with Gasteiger partial charge in [-0.05, 0) is 37.8 Å². The van der Waals surface area contributed by atoms with Crippen LogP contribution >= 0.6 is 0 Å². The molecule has 0 aromatic heterocycles. The van der Waals surface area contributed by atoms with Crippen LogP contribution in [0.5, 0.6) is 5.75 Å². The third kappa shape index (κ3) is 3.87. The summed E-state index contributed by atoms with van der Waals surface area (Å²) in [6.07, 6.45) is 4.62. The van der Waals surface area contributed by atoms with Crippen molar-refractivity contribution in [2.45, 2.75) is 31.8 Å². The standard InChI is InChI=1S/C15H21NO4/c1-19-12-5-6-13(15(17)18)14(10-12)16-8-7-11-4-2-3-9-20-11/h5-6,10-11,16H,2-4,7-9H2,1H3,(H,17,18). The molecule has 1 aromatic carbocycles. The molecule has 1 fully saturated rings. The molecule has 1 aliphatic rings. The number of carboxylic acid groups (broad SMARTS) is 1. The van der Waals surface area contributed by atoms with Crippen LogP contribution < -0.4 is 10.1 Å². The van der Waals surface area contributed by atoms with Crippen LogP contribution in [-0.4, -0.2) is 37.4 Å². The second kappa shape index (κ2) is 7.14. The van der Waals surface area contributed by atoms with Crippen LogP contribution in [0.2, 0.25) is 0 Å². The van der Waals surface area contributed by atoms with Gasteiger partial charge in [0.25, 0.3) is 0 Å². The fraction of sp³-hybridized carbons (Fsp3) is 0.533. The van der Waals surface area contributed by atoms with Crippen LogP contribution in [0.1, 0.15) is 36.0 Å². The first-order valence-corrected chi connectivity index (χ1v) is 6.97. The summed E-state index contributed by atoms with van der Waals surface area (Å²) >= 11 is 0. The normalized spacial score (nSPS) is 18.6. The van der Waals surface area contributed by atoms with Crippen molar-refractivity contribution >= 4 is 11.7 Å². The molecule has 1 atom stereocenters. The number of rotatable bonds is 6. The van der Waals surface area contributed by atoms with Crippen LogP contribution in [0.15, 0.2) is 18.2 Å². The summed E-state index contributed by atoms with van der Waals surface area (Å²) < 4.78 is 10.8. The number of hydrogen-bond acceptors (Lipinski definition) is 4. The minimum Gasteiger partial charge on any atom is -0.497 e. The van der Waals surface area contributed by atoms with Crippen molar-refractivity contribution in [2.24, 2.45) is 0 Å². The Hall–Kier alpha value is -1.75. The summed E-state index contributed by atoms with van der Waals surface area (Å²) in [6, 6.07) is 4.92. The Morgan fingerprint density at radius 3 is 3.00 bits per heavy atom. The fourth-order valence-electron chi connectivity index (χ4n) is 2.39. The van der Waals surface area contributed by atoms with E-state index in [0.29, 0.717) is 18.0 Å². The van der Waals surface area contributed by atoms with Gasteiger partial charge in [0.05, 0.1) is 24.5 Å². The number of hydrogen-bond donors (Lipinski definition) is 2. The number of ether oxygens (including phenoxy) is 2. The van der Waals surface area contributed by atoms with Crippen LogP contribution in [0, 0.1) is 0 Å². The lowest BCUT2D eigenvalue weighted by atomic mass is 10.1. The number of anilines is 1. The molecule has 0 bridgehead atoms. The molecule has 1 aliphatic heterocycles. The van der Waals surface area contributed by atoms with E-state index in [1.807, 2.05) is 0 Å². The maximum absolute atomic E-state index is 11.2. The smallest absolute Gasteiger partial charge is 0.337 e. The molecule has 5 heteroatoms. The van der Waals surface area contributed by atoms with Gasteiger partial charge >= 0.3 is 5.97 Å². The van der Waals surface area contributed by atoms with Crippen molar-refractivity contribution in [2.75, 3.05) is 25.6 Å². The summed E-state index contributed by atoms with van der Waals surface area (Å²) in [7, 11) is 1.56. The molecular weight excluding hydrogens is 258 g/mol. The van der Waals surface area contributed by atoms with E-state index < -0.39 is 5.97 Å². The number of nitrogens with one attached hydrogen (secondary N) is 1. The highest BCUT2D eigenvalue weighted by molar-refractivity contribution is 5.94. The van der Waals surface area contributed by atoms with Crippen molar-refractivity contribution in [3.05, 3.63) is 23.8 Å². The Kier molecular flexibility index (Phi) is 5.24. The molecule has 5 nitrogen and oxygen atoms in total. The van der Waals surface area contributed by atoms with Gasteiger partial charge in [-0.25, -0.2) is 4.79 Å². The Morgan fingerprint density at radius 2 is 2.35 bits per heavy atom. The van der Waals surface area contributed by atoms with Gasteiger partial charge in [0, 0.05) is 19.2 Å². The Morgan fingerprint density at radius 1 is 1.50 bits per heavy atom. The van der Waals surface area contributed by atoms with E-state index >= 15 is 0 Å². The van der Waals surface area contributed by atoms with Gasteiger partial charge in [0.1, 0.15) is 5.75 Å². The van der Waals surface area contributed by atoms with Gasteiger partial charge < -0.3 is 19.9 Å². The average molecular weight is 279 g/mol. The lowest BCUT2D eigenvalue weighted by molar-refractivity contribution is 0.0134. The van der Waals surface area contributed by atoms with E-state index in [0.717, 1.165) is 25.9 Å². The van der Waals surface area contributed by atoms with E-state index in [1.165, 1.54) is 6.42 Å². The second-order valence-electron chi connectivity index (χ2n) is 4.92. The maximum Gasteiger partial charge on any atom is 0.337 e. The largest absolute Gasteiger partial charge is 0.497 e. The fourth-order valence-corrected chi connectivity index (χ4v) is 2.39. The summed E-state index contributed by atoms with van der Waals surface area (Å²) in [5.74, 6) is -0.296. The number of carboxylic acids is 1. The second-order valence-corrected chi connectivity index (χ2v) is 4.92. The maximum atomic E-state index is 11.2. The third-order valence-electron chi connectivity index (χ3n) is 3.51. The third-order valence-corrected chi connectivity index (χ3v) is 3.51. The Bertz CT molecular complexity index is 455. The van der Waals surface area contributed by atoms with E-state index in [9.17, 15) is 9.90 Å². The first kappa shape index (κ1) is 14.7. The van der Waals surface area contributed by atoms with Gasteiger partial charge in [-0.2, -0.15) is 0 Å². The molecule has 1 unspecified atom stereocenters. The summed E-state index contributed by atoms with van der Waals surface area (Å²) in [5, 5.41) is 12.3. The van der Waals surface area contributed by atoms with Crippen LogP contribution in [0.3, 0.4) is 0 Å². The molecular formula is C15H21NO4. The minimum absolute atomic E-state index is 0.260. The van der Waals surface area contributed by atoms with Gasteiger partial charge in [-0.15, -0.1) is 0 Å². The predicted octanol–water partition coefficient (Wildman–Crippen LogP) is 2.76. The highest BCUT2D eigenvalue weighted by atomic mass is 16.5. The van der Waals surface area contributed by atoms with Crippen molar-refractivity contribution in [3.8, 4) is 5.75 Å². The van der Waals surface area contributed by atoms with E-state index in [-0.39, 0.29) is 11.7 Å². The van der Waals surface area contributed by atoms with Crippen molar-refractivity contribution in [3.63, 3.8) is 0 Å². The number of aromatic carboxylic acids is 1. The minimum atomic E-state index is -0.941. The van der Waals surface area contributed by atoms with Crippen LogP contribution in [-0.2, 0) is 4.74 Å². The molecule has 1 saturated heterocycles. The molecule has 2 rings (SSSR count). The number of methoxy groups -OCH3 is 1. The van der Waals surface area contributed by atoms with Gasteiger partial charge in [-0.3, -0.25) is 0 Å². The zero-order valence-corrected chi connectivity index (χ0v) is 11.7. The molecule has 1 heterocycles.